The van der Waals surface area contributed by atoms with Crippen molar-refractivity contribution < 1.29 is 32.2 Å². The number of carbonyl (C=O) groups is 1. The summed E-state index contributed by atoms with van der Waals surface area (Å²) in [5, 5.41) is 3.25. The van der Waals surface area contributed by atoms with Crippen molar-refractivity contribution in [1.82, 2.24) is 9.97 Å². The monoisotopic (exact) mass is 545 g/mol. The molecule has 11 heteroatoms. The topological polar surface area (TPSA) is 82.6 Å². The van der Waals surface area contributed by atoms with Gasteiger partial charge < -0.3 is 19.5 Å². The average molecular weight is 546 g/mol. The molecule has 0 amide bonds. The highest BCUT2D eigenvalue weighted by atomic mass is 32.2. The van der Waals surface area contributed by atoms with Gasteiger partial charge in [-0.1, -0.05) is 18.2 Å². The second-order valence-corrected chi connectivity index (χ2v) is 9.54. The molecule has 0 radical (unpaired) electrons. The van der Waals surface area contributed by atoms with Crippen LogP contribution in [-0.4, -0.2) is 34.6 Å². The van der Waals surface area contributed by atoms with Crippen LogP contribution < -0.4 is 10.1 Å². The summed E-state index contributed by atoms with van der Waals surface area (Å²) >= 11 is 1.41. The summed E-state index contributed by atoms with van der Waals surface area (Å²) in [4.78, 5) is 21.8. The zero-order chi connectivity index (χ0) is 27.3. The molecule has 4 rings (SSSR count). The second kappa shape index (κ2) is 11.8. The second-order valence-electron chi connectivity index (χ2n) is 8.49. The van der Waals surface area contributed by atoms with E-state index in [1.54, 1.807) is 39.2 Å². The number of aromatic nitrogens is 2. The van der Waals surface area contributed by atoms with Crippen molar-refractivity contribution in [2.45, 2.75) is 43.9 Å². The van der Waals surface area contributed by atoms with Gasteiger partial charge in [-0.15, -0.1) is 11.8 Å². The summed E-state index contributed by atoms with van der Waals surface area (Å²) in [6.45, 7) is 5.22. The van der Waals surface area contributed by atoms with Crippen LogP contribution in [0.15, 0.2) is 77.4 Å². The number of rotatable bonds is 8. The van der Waals surface area contributed by atoms with E-state index in [0.29, 0.717) is 16.9 Å². The van der Waals surface area contributed by atoms with Crippen LogP contribution in [-0.2, 0) is 15.7 Å². The Labute approximate surface area is 222 Å². The van der Waals surface area contributed by atoms with Gasteiger partial charge in [-0.25, -0.2) is 9.78 Å². The lowest BCUT2D eigenvalue weighted by Crippen LogP contribution is -2.27. The van der Waals surface area contributed by atoms with Crippen molar-refractivity contribution in [3.8, 4) is 5.88 Å². The van der Waals surface area contributed by atoms with Crippen LogP contribution in [0, 0.1) is 0 Å². The first-order valence-corrected chi connectivity index (χ1v) is 12.9. The smallest absolute Gasteiger partial charge is 0.475 e. The number of thioether (sulfide) groups is 1. The first kappa shape index (κ1) is 27.3. The van der Waals surface area contributed by atoms with Gasteiger partial charge in [0, 0.05) is 34.9 Å². The summed E-state index contributed by atoms with van der Waals surface area (Å²) in [5.41, 5.74) is 0.281. The Morgan fingerprint density at radius 3 is 2.53 bits per heavy atom. The van der Waals surface area contributed by atoms with Gasteiger partial charge in [0.2, 0.25) is 5.88 Å². The quantitative estimate of drug-likeness (QED) is 0.239. The van der Waals surface area contributed by atoms with Gasteiger partial charge in [0.05, 0.1) is 35.5 Å². The number of hydrogen-bond donors (Lipinski definition) is 1. The van der Waals surface area contributed by atoms with Gasteiger partial charge in [-0.2, -0.15) is 13.2 Å². The first-order valence-electron chi connectivity index (χ1n) is 11.9. The number of ether oxygens (including phenoxy) is 3. The highest BCUT2D eigenvalue weighted by molar-refractivity contribution is 7.99. The largest absolute Gasteiger partial charge is 0.513 e. The zero-order valence-electron chi connectivity index (χ0n) is 20.9. The maximum atomic E-state index is 14.2. The Morgan fingerprint density at radius 2 is 1.84 bits per heavy atom. The van der Waals surface area contributed by atoms with E-state index in [1.165, 1.54) is 36.2 Å². The Kier molecular flexibility index (Phi) is 8.45. The van der Waals surface area contributed by atoms with Crippen LogP contribution in [0.4, 0.5) is 23.7 Å². The van der Waals surface area contributed by atoms with Crippen LogP contribution in [0.2, 0.25) is 0 Å². The van der Waals surface area contributed by atoms with Gasteiger partial charge in [-0.3, -0.25) is 4.98 Å². The molecule has 1 unspecified atom stereocenters. The highest BCUT2D eigenvalue weighted by Gasteiger charge is 2.42. The van der Waals surface area contributed by atoms with Crippen LogP contribution in [0.1, 0.15) is 43.4 Å². The molecule has 1 aromatic carbocycles. The van der Waals surface area contributed by atoms with Crippen LogP contribution in [0.3, 0.4) is 0 Å². The highest BCUT2D eigenvalue weighted by Crippen LogP contribution is 2.49. The van der Waals surface area contributed by atoms with Crippen molar-refractivity contribution in [2.24, 2.45) is 0 Å². The van der Waals surface area contributed by atoms with Gasteiger partial charge in [0.15, 0.2) is 0 Å². The van der Waals surface area contributed by atoms with Crippen molar-refractivity contribution in [1.29, 1.82) is 0 Å². The molecule has 3 heterocycles. The summed E-state index contributed by atoms with van der Waals surface area (Å²) in [5.74, 6) is -0.788. The summed E-state index contributed by atoms with van der Waals surface area (Å²) in [6.07, 6.45) is -1.20. The van der Waals surface area contributed by atoms with E-state index in [4.69, 9.17) is 14.2 Å². The van der Waals surface area contributed by atoms with Crippen molar-refractivity contribution in [2.75, 3.05) is 17.7 Å². The average Bonchev–Trinajstić information content (AvgIpc) is 2.87. The molecule has 1 N–H and O–H groups in total. The molecule has 0 fully saturated rings. The number of alkyl halides is 3. The van der Waals surface area contributed by atoms with E-state index in [0.717, 1.165) is 11.0 Å². The fourth-order valence-electron chi connectivity index (χ4n) is 4.05. The number of nitrogens with one attached hydrogen (secondary N) is 1. The molecule has 3 aromatic rings. The van der Waals surface area contributed by atoms with E-state index in [9.17, 15) is 18.0 Å². The standard InChI is InChI=1S/C27H26F3N3O4S/c1-4-35-26(34)37-24-21(15-38-17-9-12-31-13-10-17)33-20-11-14-32-25(36-16(2)3)23(20)22(24)18-7-5-6-8-19(18)27(28,29)30/h5-14,16,22,33H,4,15H2,1-3H3. The first-order chi connectivity index (χ1) is 18.2. The number of fused-ring (bicyclic) bond motifs is 1. The van der Waals surface area contributed by atoms with Crippen LogP contribution in [0.5, 0.6) is 5.88 Å². The molecule has 1 aliphatic rings. The van der Waals surface area contributed by atoms with Crippen LogP contribution in [0.25, 0.3) is 0 Å². The predicted octanol–water partition coefficient (Wildman–Crippen LogP) is 7.02. The maximum absolute atomic E-state index is 14.2. The number of nitrogens with zero attached hydrogens (tertiary/aromatic N) is 2. The molecule has 0 spiro atoms. The number of allylic oxidation sites excluding steroid dienone is 1. The molecule has 1 aliphatic heterocycles. The summed E-state index contributed by atoms with van der Waals surface area (Å²) in [7, 11) is 0. The van der Waals surface area contributed by atoms with Crippen molar-refractivity contribution >= 4 is 23.6 Å². The number of pyridine rings is 2. The molecular formula is C27H26F3N3O4S. The maximum Gasteiger partial charge on any atom is 0.513 e. The molecule has 1 atom stereocenters. The molecule has 0 saturated heterocycles. The lowest BCUT2D eigenvalue weighted by atomic mass is 9.83. The molecule has 200 valence electrons. The van der Waals surface area contributed by atoms with E-state index in [1.807, 2.05) is 12.1 Å². The Hall–Kier alpha value is -3.73. The van der Waals surface area contributed by atoms with Gasteiger partial charge in [0.25, 0.3) is 0 Å². The SMILES string of the molecule is CCOC(=O)OC1=C(CSc2ccncc2)Nc2ccnc(OC(C)C)c2C1c1ccccc1C(F)(F)F. The minimum atomic E-state index is -4.66. The number of benzene rings is 1. The predicted molar refractivity (Wildman–Crippen MR) is 137 cm³/mol. The third-order valence-electron chi connectivity index (χ3n) is 5.50. The minimum absolute atomic E-state index is 0.0178. The minimum Gasteiger partial charge on any atom is -0.475 e. The van der Waals surface area contributed by atoms with Crippen molar-refractivity contribution in [3.63, 3.8) is 0 Å². The fourth-order valence-corrected chi connectivity index (χ4v) is 4.89. The molecule has 0 saturated carbocycles. The third-order valence-corrected chi connectivity index (χ3v) is 6.54. The Morgan fingerprint density at radius 1 is 1.11 bits per heavy atom. The molecule has 7 nitrogen and oxygen atoms in total. The summed E-state index contributed by atoms with van der Waals surface area (Å²) in [6, 6.07) is 10.5. The lowest BCUT2D eigenvalue weighted by molar-refractivity contribution is -0.138. The molecule has 0 aliphatic carbocycles. The fraction of sp³-hybridized carbons (Fsp3) is 0.296. The molecular weight excluding hydrogens is 519 g/mol. The van der Waals surface area contributed by atoms with Crippen LogP contribution >= 0.6 is 11.8 Å². The normalized spacial score (nSPS) is 15.1. The molecule has 0 bridgehead atoms. The van der Waals surface area contributed by atoms with E-state index < -0.39 is 23.8 Å². The van der Waals surface area contributed by atoms with E-state index >= 15 is 0 Å². The number of halogens is 3. The molecule has 38 heavy (non-hydrogen) atoms. The van der Waals surface area contributed by atoms with Crippen molar-refractivity contribution in [3.05, 3.63) is 89.2 Å². The number of anilines is 1. The van der Waals surface area contributed by atoms with Gasteiger partial charge in [0.1, 0.15) is 5.76 Å². The van der Waals surface area contributed by atoms with Gasteiger partial charge in [-0.05, 0) is 50.6 Å². The zero-order valence-corrected chi connectivity index (χ0v) is 21.7. The number of carbonyl (C=O) groups excluding carboxylic acids is 1. The summed E-state index contributed by atoms with van der Waals surface area (Å²) < 4.78 is 59.3. The Balaban J connectivity index is 1.94. The lowest BCUT2D eigenvalue weighted by Gasteiger charge is -2.33. The third kappa shape index (κ3) is 6.21. The molecule has 2 aromatic heterocycles. The Bertz CT molecular complexity index is 1320. The van der Waals surface area contributed by atoms with Gasteiger partial charge >= 0.3 is 12.3 Å². The van der Waals surface area contributed by atoms with E-state index in [-0.39, 0.29) is 35.7 Å². The number of hydrogen-bond acceptors (Lipinski definition) is 8. The van der Waals surface area contributed by atoms with E-state index in [2.05, 4.69) is 15.3 Å².